The van der Waals surface area contributed by atoms with Crippen LogP contribution in [0.1, 0.15) is 17.0 Å². The number of fused-ring (bicyclic) bond motifs is 6. The number of nitrogens with zero attached hydrogens (tertiary/aromatic N) is 5. The first kappa shape index (κ1) is 35.5. The van der Waals surface area contributed by atoms with Crippen LogP contribution in [0.2, 0.25) is 0 Å². The molecule has 5 aromatic rings. The Balaban J connectivity index is 0.000000157. The Bertz CT molecular complexity index is 2190. The fourth-order valence-corrected chi connectivity index (χ4v) is 6.71. The maximum absolute atomic E-state index is 12.5. The van der Waals surface area contributed by atoms with E-state index in [0.717, 1.165) is 39.4 Å². The topological polar surface area (TPSA) is 181 Å². The Morgan fingerprint density at radius 3 is 1.87 bits per heavy atom. The van der Waals surface area contributed by atoms with Crippen molar-refractivity contribution in [3.05, 3.63) is 99.0 Å². The minimum Gasteiger partial charge on any atom is -0.508 e. The zero-order valence-electron chi connectivity index (χ0n) is 29.4. The molecule has 54 heavy (non-hydrogen) atoms. The van der Waals surface area contributed by atoms with Gasteiger partial charge in [0.15, 0.2) is 6.61 Å². The fourth-order valence-electron chi connectivity index (χ4n) is 6.71. The Morgan fingerprint density at radius 2 is 1.31 bits per heavy atom. The Hall–Kier alpha value is -5.55. The number of oxazole rings is 1. The molecule has 9 rings (SSSR count). The van der Waals surface area contributed by atoms with Crippen molar-refractivity contribution in [2.24, 2.45) is 0 Å². The van der Waals surface area contributed by atoms with Gasteiger partial charge in [0.1, 0.15) is 43.2 Å². The summed E-state index contributed by atoms with van der Waals surface area (Å²) in [5.41, 5.74) is 4.88. The van der Waals surface area contributed by atoms with Crippen LogP contribution in [0, 0.1) is 0 Å². The van der Waals surface area contributed by atoms with Crippen molar-refractivity contribution in [2.75, 3.05) is 52.9 Å². The van der Waals surface area contributed by atoms with Gasteiger partial charge in [-0.3, -0.25) is 9.13 Å². The summed E-state index contributed by atoms with van der Waals surface area (Å²) in [6.45, 7) is 5.16. The van der Waals surface area contributed by atoms with E-state index in [9.17, 15) is 14.7 Å². The van der Waals surface area contributed by atoms with Crippen LogP contribution in [0.3, 0.4) is 0 Å². The van der Waals surface area contributed by atoms with Crippen LogP contribution in [0.4, 0.5) is 0 Å². The van der Waals surface area contributed by atoms with Crippen molar-refractivity contribution in [1.29, 1.82) is 0 Å². The highest BCUT2D eigenvalue weighted by molar-refractivity contribution is 5.68. The van der Waals surface area contributed by atoms with Crippen LogP contribution in [0.25, 0.3) is 22.5 Å². The van der Waals surface area contributed by atoms with Crippen LogP contribution in [0.15, 0.2) is 75.0 Å². The first-order valence-corrected chi connectivity index (χ1v) is 17.8. The van der Waals surface area contributed by atoms with Gasteiger partial charge >= 0.3 is 11.4 Å². The summed E-state index contributed by atoms with van der Waals surface area (Å²) in [4.78, 5) is 36.9. The monoisotopic (exact) mass is 741 g/mol. The van der Waals surface area contributed by atoms with Gasteiger partial charge in [0, 0.05) is 36.3 Å². The van der Waals surface area contributed by atoms with Gasteiger partial charge in [-0.05, 0) is 60.4 Å². The van der Waals surface area contributed by atoms with E-state index in [-0.39, 0.29) is 54.3 Å². The molecular formula is C38H39N5O11. The Labute approximate surface area is 308 Å². The Kier molecular flexibility index (Phi) is 10.7. The molecule has 16 nitrogen and oxygen atoms in total. The predicted molar refractivity (Wildman–Crippen MR) is 190 cm³/mol. The molecule has 1 N–H and O–H groups in total. The highest BCUT2D eigenvalue weighted by Gasteiger charge is 2.23. The summed E-state index contributed by atoms with van der Waals surface area (Å²) in [5, 5.41) is 9.64. The number of ether oxygens (including phenoxy) is 7. The third kappa shape index (κ3) is 8.16. The molecule has 0 aliphatic carbocycles. The van der Waals surface area contributed by atoms with Gasteiger partial charge in [0.2, 0.25) is 17.7 Å². The van der Waals surface area contributed by atoms with Crippen LogP contribution in [-0.2, 0) is 51.5 Å². The second kappa shape index (κ2) is 16.2. The number of phenolic OH excluding ortho intramolecular Hbond substituents is 1. The summed E-state index contributed by atoms with van der Waals surface area (Å²) in [7, 11) is 0. The number of aromatic nitrogens is 5. The number of aryl methyl sites for hydroxylation is 2. The summed E-state index contributed by atoms with van der Waals surface area (Å²) >= 11 is 0. The van der Waals surface area contributed by atoms with Crippen molar-refractivity contribution in [3.8, 4) is 45.8 Å². The van der Waals surface area contributed by atoms with Crippen molar-refractivity contribution >= 4 is 0 Å². The molecule has 7 heterocycles. The minimum absolute atomic E-state index is 0.149. The number of rotatable bonds is 9. The lowest BCUT2D eigenvalue weighted by Gasteiger charge is -2.24. The number of phenols is 1. The summed E-state index contributed by atoms with van der Waals surface area (Å²) in [5.74, 6) is 2.04. The first-order chi connectivity index (χ1) is 26.5. The zero-order chi connectivity index (χ0) is 36.9. The SMILES string of the molecule is O=c1nc(OCC2COCCO2)cc2n1CCc1cc(O)ccc1-2.O=c1nc(OCC2COCCO2)cc2n1CCc1cc(OCc3ncco3)ccc1-2. The van der Waals surface area contributed by atoms with Crippen molar-refractivity contribution < 1.29 is 42.7 Å². The molecule has 0 saturated carbocycles. The lowest BCUT2D eigenvalue weighted by Crippen LogP contribution is -2.34. The van der Waals surface area contributed by atoms with E-state index in [4.69, 9.17) is 37.6 Å². The van der Waals surface area contributed by atoms with Gasteiger partial charge in [-0.2, -0.15) is 9.97 Å². The molecule has 2 unspecified atom stereocenters. The molecule has 4 aliphatic heterocycles. The first-order valence-electron chi connectivity index (χ1n) is 17.8. The number of benzene rings is 2. The number of aromatic hydroxyl groups is 1. The maximum atomic E-state index is 12.5. The summed E-state index contributed by atoms with van der Waals surface area (Å²) < 4.78 is 47.5. The highest BCUT2D eigenvalue weighted by atomic mass is 16.6. The van der Waals surface area contributed by atoms with Crippen LogP contribution >= 0.6 is 0 Å². The van der Waals surface area contributed by atoms with E-state index >= 15 is 0 Å². The predicted octanol–water partition coefficient (Wildman–Crippen LogP) is 2.79. The van der Waals surface area contributed by atoms with Crippen molar-refractivity contribution in [1.82, 2.24) is 24.1 Å². The van der Waals surface area contributed by atoms with E-state index in [1.165, 1.54) is 6.26 Å². The highest BCUT2D eigenvalue weighted by Crippen LogP contribution is 2.33. The summed E-state index contributed by atoms with van der Waals surface area (Å²) in [6.07, 6.45) is 4.20. The van der Waals surface area contributed by atoms with Crippen molar-refractivity contribution in [3.63, 3.8) is 0 Å². The zero-order valence-corrected chi connectivity index (χ0v) is 29.4. The van der Waals surface area contributed by atoms with E-state index in [2.05, 4.69) is 15.0 Å². The van der Waals surface area contributed by atoms with Crippen LogP contribution < -0.4 is 25.6 Å². The minimum atomic E-state index is -0.331. The van der Waals surface area contributed by atoms with Crippen LogP contribution in [-0.4, -0.2) is 94.3 Å². The molecule has 0 spiro atoms. The third-order valence-electron chi connectivity index (χ3n) is 9.35. The molecule has 4 aliphatic rings. The number of hydrogen-bond acceptors (Lipinski definition) is 14. The average molecular weight is 742 g/mol. The summed E-state index contributed by atoms with van der Waals surface area (Å²) in [6, 6.07) is 14.5. The quantitative estimate of drug-likeness (QED) is 0.233. The average Bonchev–Trinajstić information content (AvgIpc) is 3.73. The van der Waals surface area contributed by atoms with Crippen LogP contribution in [0.5, 0.6) is 23.3 Å². The van der Waals surface area contributed by atoms with E-state index in [1.54, 1.807) is 39.6 Å². The molecule has 3 aromatic heterocycles. The largest absolute Gasteiger partial charge is 0.508 e. The van der Waals surface area contributed by atoms with Gasteiger partial charge in [0.05, 0.1) is 57.2 Å². The molecule has 2 aromatic carbocycles. The normalized spacial score (nSPS) is 18.5. The molecule has 2 atom stereocenters. The molecular weight excluding hydrogens is 702 g/mol. The molecule has 2 fully saturated rings. The van der Waals surface area contributed by atoms with Gasteiger partial charge in [-0.1, -0.05) is 0 Å². The van der Waals surface area contributed by atoms with Gasteiger partial charge in [0.25, 0.3) is 0 Å². The standard InChI is InChI=1S/C21H21N3O6.C17H18N2O5/c25-21-23-19(30-12-16-11-26-7-8-27-16)10-18-17-2-1-15(9-14(17)3-5-24(18)21)29-13-20-22-4-6-28-20;20-12-1-2-14-11(7-12)3-4-19-15(14)8-16(18-17(19)21)24-10-13-9-22-5-6-23-13/h1-2,4,6,9-10,16H,3,5,7-8,11-13H2;1-2,7-8,13,20H,3-6,9-10H2. The van der Waals surface area contributed by atoms with Gasteiger partial charge in [-0.15, -0.1) is 0 Å². The van der Waals surface area contributed by atoms with Crippen molar-refractivity contribution in [2.45, 2.75) is 44.7 Å². The van der Waals surface area contributed by atoms with E-state index < -0.39 is 0 Å². The molecule has 16 heteroatoms. The molecule has 2 saturated heterocycles. The Morgan fingerprint density at radius 1 is 0.722 bits per heavy atom. The molecule has 282 valence electrons. The number of hydrogen-bond donors (Lipinski definition) is 1. The second-order valence-corrected chi connectivity index (χ2v) is 13.0. The molecule has 0 bridgehead atoms. The van der Waals surface area contributed by atoms with Gasteiger partial charge in [-0.25, -0.2) is 14.6 Å². The molecule has 0 amide bonds. The lowest BCUT2D eigenvalue weighted by molar-refractivity contribution is -0.102. The lowest BCUT2D eigenvalue weighted by atomic mass is 9.97. The smallest absolute Gasteiger partial charge is 0.351 e. The van der Waals surface area contributed by atoms with E-state index in [0.29, 0.717) is 78.1 Å². The molecule has 0 radical (unpaired) electrons. The van der Waals surface area contributed by atoms with E-state index in [1.807, 2.05) is 24.3 Å². The fraction of sp³-hybridized carbons (Fsp3) is 0.395. The third-order valence-corrected chi connectivity index (χ3v) is 9.35. The maximum Gasteiger partial charge on any atom is 0.351 e. The van der Waals surface area contributed by atoms with Gasteiger partial charge < -0.3 is 42.7 Å². The second-order valence-electron chi connectivity index (χ2n) is 13.0.